The van der Waals surface area contributed by atoms with Crippen LogP contribution in [0.2, 0.25) is 0 Å². The Morgan fingerprint density at radius 3 is 2.48 bits per heavy atom. The highest BCUT2D eigenvalue weighted by Gasteiger charge is 2.23. The SMILES string of the molecule is CC(=O)Nc1c(C(C)=O)oc2c1c(=O)oc1ccccc12. The number of hydrogen-bond acceptors (Lipinski definition) is 5. The number of para-hydroxylation sites is 1. The van der Waals surface area contributed by atoms with Crippen molar-refractivity contribution in [3.63, 3.8) is 0 Å². The van der Waals surface area contributed by atoms with Crippen LogP contribution in [0.25, 0.3) is 21.9 Å². The molecule has 2 aromatic heterocycles. The Labute approximate surface area is 118 Å². The van der Waals surface area contributed by atoms with Crippen LogP contribution < -0.4 is 10.9 Å². The van der Waals surface area contributed by atoms with Gasteiger partial charge in [0, 0.05) is 13.8 Å². The lowest BCUT2D eigenvalue weighted by atomic mass is 10.1. The molecule has 6 nitrogen and oxygen atoms in total. The smallest absolute Gasteiger partial charge is 0.349 e. The summed E-state index contributed by atoms with van der Waals surface area (Å²) in [5.74, 6) is -0.866. The van der Waals surface area contributed by atoms with Crippen LogP contribution in [0.4, 0.5) is 5.69 Å². The third-order valence-electron chi connectivity index (χ3n) is 3.07. The molecule has 0 saturated carbocycles. The lowest BCUT2D eigenvalue weighted by molar-refractivity contribution is -0.114. The summed E-state index contributed by atoms with van der Waals surface area (Å²) in [5, 5.41) is 3.10. The molecule has 1 N–H and O–H groups in total. The van der Waals surface area contributed by atoms with Crippen molar-refractivity contribution in [1.82, 2.24) is 0 Å². The third-order valence-corrected chi connectivity index (χ3v) is 3.07. The number of furan rings is 1. The van der Waals surface area contributed by atoms with E-state index in [9.17, 15) is 14.4 Å². The molecule has 106 valence electrons. The summed E-state index contributed by atoms with van der Waals surface area (Å²) in [6, 6.07) is 6.83. The molecule has 0 saturated heterocycles. The quantitative estimate of drug-likeness (QED) is 0.577. The molecule has 0 aliphatic carbocycles. The largest absolute Gasteiger partial charge is 0.450 e. The molecule has 21 heavy (non-hydrogen) atoms. The standard InChI is InChI=1S/C15H11NO5/c1-7(17)13-12(16-8(2)18)11-14(21-13)9-5-3-4-6-10(9)20-15(11)19/h3-6H,1-2H3,(H,16,18). The molecule has 1 aromatic carbocycles. The molecule has 6 heteroatoms. The minimum Gasteiger partial charge on any atom is -0.450 e. The normalized spacial score (nSPS) is 11.0. The average molecular weight is 285 g/mol. The van der Waals surface area contributed by atoms with Crippen molar-refractivity contribution in [1.29, 1.82) is 0 Å². The van der Waals surface area contributed by atoms with Crippen LogP contribution in [0.15, 0.2) is 37.9 Å². The number of amides is 1. The fourth-order valence-corrected chi connectivity index (χ4v) is 2.25. The van der Waals surface area contributed by atoms with Crippen molar-refractivity contribution >= 4 is 39.3 Å². The number of carbonyl (C=O) groups is 2. The van der Waals surface area contributed by atoms with Gasteiger partial charge in [0.25, 0.3) is 0 Å². The highest BCUT2D eigenvalue weighted by Crippen LogP contribution is 2.33. The van der Waals surface area contributed by atoms with Crippen LogP contribution in [0.5, 0.6) is 0 Å². The van der Waals surface area contributed by atoms with Crippen LogP contribution in [-0.2, 0) is 4.79 Å². The van der Waals surface area contributed by atoms with E-state index in [4.69, 9.17) is 8.83 Å². The number of Topliss-reactive ketones (excluding diaryl/α,β-unsaturated/α-hetero) is 1. The number of rotatable bonds is 2. The molecule has 0 aliphatic heterocycles. The number of carbonyl (C=O) groups excluding carboxylic acids is 2. The van der Waals surface area contributed by atoms with Gasteiger partial charge >= 0.3 is 5.63 Å². The molecule has 1 amide bonds. The third kappa shape index (κ3) is 2.01. The predicted octanol–water partition coefficient (Wildman–Crippen LogP) is 2.70. The fraction of sp³-hybridized carbons (Fsp3) is 0.133. The van der Waals surface area contributed by atoms with E-state index in [0.717, 1.165) is 0 Å². The van der Waals surface area contributed by atoms with E-state index in [1.165, 1.54) is 13.8 Å². The van der Waals surface area contributed by atoms with Crippen LogP contribution in [0.1, 0.15) is 24.4 Å². The van der Waals surface area contributed by atoms with E-state index in [2.05, 4.69) is 5.32 Å². The van der Waals surface area contributed by atoms with E-state index in [0.29, 0.717) is 11.0 Å². The van der Waals surface area contributed by atoms with Crippen molar-refractivity contribution in [2.75, 3.05) is 5.32 Å². The molecule has 2 heterocycles. The summed E-state index contributed by atoms with van der Waals surface area (Å²) < 4.78 is 10.7. The minimum absolute atomic E-state index is 0.0597. The number of fused-ring (bicyclic) bond motifs is 3. The van der Waals surface area contributed by atoms with E-state index in [1.54, 1.807) is 24.3 Å². The molecule has 0 aliphatic rings. The Morgan fingerprint density at radius 2 is 1.81 bits per heavy atom. The maximum atomic E-state index is 12.1. The fourth-order valence-electron chi connectivity index (χ4n) is 2.25. The van der Waals surface area contributed by atoms with Crippen LogP contribution >= 0.6 is 0 Å². The molecule has 0 spiro atoms. The second-order valence-corrected chi connectivity index (χ2v) is 4.63. The molecule has 3 aromatic rings. The number of benzene rings is 1. The van der Waals surface area contributed by atoms with Gasteiger partial charge in [-0.25, -0.2) is 4.79 Å². The Bertz CT molecular complexity index is 948. The summed E-state index contributed by atoms with van der Waals surface area (Å²) in [4.78, 5) is 35.1. The Kier molecular flexibility index (Phi) is 2.86. The van der Waals surface area contributed by atoms with Gasteiger partial charge < -0.3 is 14.2 Å². The molecule has 3 rings (SSSR count). The Hall–Kier alpha value is -2.89. The Balaban J connectivity index is 2.51. The van der Waals surface area contributed by atoms with Crippen LogP contribution in [-0.4, -0.2) is 11.7 Å². The molecule has 0 fully saturated rings. The van der Waals surface area contributed by atoms with E-state index in [1.807, 2.05) is 0 Å². The zero-order chi connectivity index (χ0) is 15.1. The topological polar surface area (TPSA) is 89.5 Å². The molecular weight excluding hydrogens is 274 g/mol. The number of ketones is 1. The lowest BCUT2D eigenvalue weighted by Crippen LogP contribution is -2.11. The van der Waals surface area contributed by atoms with Crippen molar-refractivity contribution in [2.24, 2.45) is 0 Å². The monoisotopic (exact) mass is 285 g/mol. The average Bonchev–Trinajstić information content (AvgIpc) is 2.78. The maximum absolute atomic E-state index is 12.1. The van der Waals surface area contributed by atoms with Gasteiger partial charge in [0.05, 0.1) is 5.39 Å². The molecule has 0 atom stereocenters. The van der Waals surface area contributed by atoms with Gasteiger partial charge in [-0.2, -0.15) is 0 Å². The van der Waals surface area contributed by atoms with Crippen molar-refractivity contribution < 1.29 is 18.4 Å². The van der Waals surface area contributed by atoms with E-state index >= 15 is 0 Å². The number of anilines is 1. The van der Waals surface area contributed by atoms with E-state index in [-0.39, 0.29) is 22.4 Å². The zero-order valence-corrected chi connectivity index (χ0v) is 11.4. The summed E-state index contributed by atoms with van der Waals surface area (Å²) in [5.41, 5.74) is -0.0165. The highest BCUT2D eigenvalue weighted by atomic mass is 16.4. The van der Waals surface area contributed by atoms with Crippen molar-refractivity contribution in [2.45, 2.75) is 13.8 Å². The second-order valence-electron chi connectivity index (χ2n) is 4.63. The number of nitrogens with one attached hydrogen (secondary N) is 1. The first kappa shape index (κ1) is 13.1. The van der Waals surface area contributed by atoms with Crippen molar-refractivity contribution in [3.8, 4) is 0 Å². The van der Waals surface area contributed by atoms with Gasteiger partial charge in [0.1, 0.15) is 16.7 Å². The van der Waals surface area contributed by atoms with E-state index < -0.39 is 17.3 Å². The first-order chi connectivity index (χ1) is 9.99. The predicted molar refractivity (Wildman–Crippen MR) is 76.6 cm³/mol. The zero-order valence-electron chi connectivity index (χ0n) is 11.4. The molecule has 0 unspecified atom stereocenters. The van der Waals surface area contributed by atoms with Gasteiger partial charge in [-0.3, -0.25) is 9.59 Å². The first-order valence-corrected chi connectivity index (χ1v) is 6.26. The summed E-state index contributed by atoms with van der Waals surface area (Å²) >= 11 is 0. The van der Waals surface area contributed by atoms with Gasteiger partial charge in [0.15, 0.2) is 17.1 Å². The summed E-state index contributed by atoms with van der Waals surface area (Å²) in [6.45, 7) is 2.58. The molecular formula is C15H11NO5. The van der Waals surface area contributed by atoms with Gasteiger partial charge in [-0.15, -0.1) is 0 Å². The summed E-state index contributed by atoms with van der Waals surface area (Å²) in [6.07, 6.45) is 0. The number of hydrogen-bond donors (Lipinski definition) is 1. The van der Waals surface area contributed by atoms with Crippen molar-refractivity contribution in [3.05, 3.63) is 40.4 Å². The van der Waals surface area contributed by atoms with Gasteiger partial charge in [0.2, 0.25) is 5.91 Å². The molecule has 0 radical (unpaired) electrons. The first-order valence-electron chi connectivity index (χ1n) is 6.26. The van der Waals surface area contributed by atoms with Crippen LogP contribution in [0, 0.1) is 0 Å². The second kappa shape index (κ2) is 4.59. The lowest BCUT2D eigenvalue weighted by Gasteiger charge is -2.00. The minimum atomic E-state index is -0.663. The van der Waals surface area contributed by atoms with Crippen LogP contribution in [0.3, 0.4) is 0 Å². The highest BCUT2D eigenvalue weighted by molar-refractivity contribution is 6.14. The molecule has 0 bridgehead atoms. The maximum Gasteiger partial charge on any atom is 0.349 e. The Morgan fingerprint density at radius 1 is 1.10 bits per heavy atom. The summed E-state index contributed by atoms with van der Waals surface area (Å²) in [7, 11) is 0. The van der Waals surface area contributed by atoms with Gasteiger partial charge in [-0.05, 0) is 12.1 Å². The van der Waals surface area contributed by atoms with Gasteiger partial charge in [-0.1, -0.05) is 12.1 Å².